The second kappa shape index (κ2) is 5.98. The van der Waals surface area contributed by atoms with Crippen LogP contribution in [0.3, 0.4) is 0 Å². The molecule has 0 aliphatic rings. The van der Waals surface area contributed by atoms with Crippen molar-refractivity contribution >= 4 is 38.1 Å². The summed E-state index contributed by atoms with van der Waals surface area (Å²) in [4.78, 5) is 10.3. The molecule has 0 aliphatic heterocycles. The fraction of sp³-hybridized carbons (Fsp3) is 0.0769. The molecule has 0 saturated heterocycles. The third-order valence-corrected chi connectivity index (χ3v) is 4.61. The van der Waals surface area contributed by atoms with Crippen LogP contribution in [0.15, 0.2) is 47.4 Å². The number of nitro groups is 1. The average Bonchev–Trinajstić information content (AvgIpc) is 2.40. The van der Waals surface area contributed by atoms with Crippen LogP contribution in [0, 0.1) is 13.7 Å². The van der Waals surface area contributed by atoms with Gasteiger partial charge in [-0.05, 0) is 46.9 Å². The van der Waals surface area contributed by atoms with Crippen LogP contribution in [-0.4, -0.2) is 19.6 Å². The number of nitrogens with zero attached hydrogens (tertiary/aromatic N) is 1. The van der Waals surface area contributed by atoms with E-state index in [0.717, 1.165) is 15.9 Å². The van der Waals surface area contributed by atoms with Crippen LogP contribution >= 0.6 is 22.6 Å². The number of halogens is 1. The van der Waals surface area contributed by atoms with E-state index in [9.17, 15) is 18.5 Å². The first-order chi connectivity index (χ1) is 9.79. The van der Waals surface area contributed by atoms with Crippen LogP contribution in [0.4, 0.5) is 5.69 Å². The summed E-state index contributed by atoms with van der Waals surface area (Å²) in [5, 5.41) is 11.1. The lowest BCUT2D eigenvalue weighted by molar-refractivity contribution is -0.385. The van der Waals surface area contributed by atoms with E-state index in [1.54, 1.807) is 18.2 Å². The maximum Gasteiger partial charge on any atom is 0.312 e. The standard InChI is InChI=1S/C13H10INO5S/c1-21(18,19)9-6-7-13(11(8-9)15(16)17)20-12-5-3-2-4-10(12)14/h2-8H,1H3. The molecule has 0 bridgehead atoms. The Kier molecular flexibility index (Phi) is 4.47. The fourth-order valence-electron chi connectivity index (χ4n) is 1.60. The second-order valence-electron chi connectivity index (χ2n) is 4.19. The smallest absolute Gasteiger partial charge is 0.312 e. The zero-order valence-electron chi connectivity index (χ0n) is 10.8. The summed E-state index contributed by atoms with van der Waals surface area (Å²) in [6, 6.07) is 10.6. The normalized spacial score (nSPS) is 11.1. The molecular weight excluding hydrogens is 409 g/mol. The van der Waals surface area contributed by atoms with E-state index in [1.165, 1.54) is 12.1 Å². The number of hydrogen-bond acceptors (Lipinski definition) is 5. The first-order valence-electron chi connectivity index (χ1n) is 5.70. The summed E-state index contributed by atoms with van der Waals surface area (Å²) in [7, 11) is -3.52. The minimum Gasteiger partial charge on any atom is -0.449 e. The first kappa shape index (κ1) is 15.7. The van der Waals surface area contributed by atoms with E-state index in [2.05, 4.69) is 0 Å². The molecule has 0 spiro atoms. The Morgan fingerprint density at radius 2 is 1.81 bits per heavy atom. The van der Waals surface area contributed by atoms with Crippen LogP contribution in [0.5, 0.6) is 11.5 Å². The molecule has 6 nitrogen and oxygen atoms in total. The van der Waals surface area contributed by atoms with E-state index >= 15 is 0 Å². The van der Waals surface area contributed by atoms with Crippen LogP contribution in [-0.2, 0) is 9.84 Å². The van der Waals surface area contributed by atoms with Crippen molar-refractivity contribution in [2.24, 2.45) is 0 Å². The van der Waals surface area contributed by atoms with Crippen molar-refractivity contribution in [2.45, 2.75) is 4.90 Å². The fourth-order valence-corrected chi connectivity index (χ4v) is 2.74. The van der Waals surface area contributed by atoms with E-state index in [1.807, 2.05) is 28.7 Å². The van der Waals surface area contributed by atoms with Gasteiger partial charge >= 0.3 is 5.69 Å². The van der Waals surface area contributed by atoms with Crippen molar-refractivity contribution in [3.8, 4) is 11.5 Å². The largest absolute Gasteiger partial charge is 0.449 e. The van der Waals surface area contributed by atoms with Gasteiger partial charge in [-0.3, -0.25) is 10.1 Å². The van der Waals surface area contributed by atoms with Gasteiger partial charge in [-0.25, -0.2) is 8.42 Å². The quantitative estimate of drug-likeness (QED) is 0.431. The second-order valence-corrected chi connectivity index (χ2v) is 7.37. The van der Waals surface area contributed by atoms with Crippen LogP contribution in [0.1, 0.15) is 0 Å². The summed E-state index contributed by atoms with van der Waals surface area (Å²) < 4.78 is 29.2. The third-order valence-electron chi connectivity index (χ3n) is 2.61. The summed E-state index contributed by atoms with van der Waals surface area (Å²) in [6.45, 7) is 0. The Balaban J connectivity index is 2.50. The van der Waals surface area contributed by atoms with Crippen molar-refractivity contribution in [2.75, 3.05) is 6.26 Å². The molecule has 0 atom stereocenters. The molecule has 0 heterocycles. The zero-order valence-corrected chi connectivity index (χ0v) is 13.8. The molecule has 2 rings (SSSR count). The molecule has 0 amide bonds. The van der Waals surface area contributed by atoms with Gasteiger partial charge in [-0.1, -0.05) is 12.1 Å². The number of para-hydroxylation sites is 1. The lowest BCUT2D eigenvalue weighted by Crippen LogP contribution is -2.00. The predicted octanol–water partition coefficient (Wildman–Crippen LogP) is 3.40. The van der Waals surface area contributed by atoms with E-state index in [-0.39, 0.29) is 10.6 Å². The van der Waals surface area contributed by atoms with Gasteiger partial charge in [0, 0.05) is 12.3 Å². The molecule has 2 aromatic rings. The summed E-state index contributed by atoms with van der Waals surface area (Å²) in [5.74, 6) is 0.463. The van der Waals surface area contributed by atoms with Crippen LogP contribution < -0.4 is 4.74 Å². The number of benzene rings is 2. The first-order valence-corrected chi connectivity index (χ1v) is 8.67. The summed E-state index contributed by atoms with van der Waals surface area (Å²) in [6.07, 6.45) is 0.993. The molecule has 110 valence electrons. The van der Waals surface area contributed by atoms with Crippen molar-refractivity contribution in [1.82, 2.24) is 0 Å². The van der Waals surface area contributed by atoms with Gasteiger partial charge in [0.05, 0.1) is 13.4 Å². The van der Waals surface area contributed by atoms with Crippen LogP contribution in [0.2, 0.25) is 0 Å². The monoisotopic (exact) mass is 419 g/mol. The summed E-state index contributed by atoms with van der Waals surface area (Å²) in [5.41, 5.74) is -0.391. The molecule has 0 N–H and O–H groups in total. The number of rotatable bonds is 4. The SMILES string of the molecule is CS(=O)(=O)c1ccc(Oc2ccccc2I)c([N+](=O)[O-])c1. The molecule has 8 heteroatoms. The van der Waals surface area contributed by atoms with Crippen molar-refractivity contribution in [1.29, 1.82) is 0 Å². The van der Waals surface area contributed by atoms with Crippen molar-refractivity contribution < 1.29 is 18.1 Å². The lowest BCUT2D eigenvalue weighted by atomic mass is 10.3. The molecule has 0 aromatic heterocycles. The van der Waals surface area contributed by atoms with Gasteiger partial charge in [0.2, 0.25) is 5.75 Å². The number of nitro benzene ring substituents is 1. The van der Waals surface area contributed by atoms with E-state index in [0.29, 0.717) is 5.75 Å². The van der Waals surface area contributed by atoms with Gasteiger partial charge in [-0.2, -0.15) is 0 Å². The van der Waals surface area contributed by atoms with Gasteiger partial charge in [0.15, 0.2) is 9.84 Å². The molecule has 0 fully saturated rings. The molecule has 2 aromatic carbocycles. The van der Waals surface area contributed by atoms with Gasteiger partial charge in [0.25, 0.3) is 0 Å². The van der Waals surface area contributed by atoms with Gasteiger partial charge in [0.1, 0.15) is 5.75 Å². The lowest BCUT2D eigenvalue weighted by Gasteiger charge is -2.08. The Bertz CT molecular complexity index is 804. The molecule has 0 aliphatic carbocycles. The highest BCUT2D eigenvalue weighted by Crippen LogP contribution is 2.34. The minimum atomic E-state index is -3.52. The van der Waals surface area contributed by atoms with Crippen molar-refractivity contribution in [3.63, 3.8) is 0 Å². The third kappa shape index (κ3) is 3.70. The van der Waals surface area contributed by atoms with Crippen molar-refractivity contribution in [3.05, 3.63) is 56.1 Å². The average molecular weight is 419 g/mol. The highest BCUT2D eigenvalue weighted by atomic mass is 127. The molecule has 0 unspecified atom stereocenters. The van der Waals surface area contributed by atoms with Gasteiger partial charge in [-0.15, -0.1) is 0 Å². The Morgan fingerprint density at radius 1 is 1.14 bits per heavy atom. The van der Waals surface area contributed by atoms with E-state index < -0.39 is 20.4 Å². The minimum absolute atomic E-state index is 0.00323. The topological polar surface area (TPSA) is 86.5 Å². The Labute approximate surface area is 135 Å². The molecular formula is C13H10INO5S. The zero-order chi connectivity index (χ0) is 15.6. The molecule has 0 radical (unpaired) electrons. The highest BCUT2D eigenvalue weighted by Gasteiger charge is 2.20. The van der Waals surface area contributed by atoms with Gasteiger partial charge < -0.3 is 4.74 Å². The van der Waals surface area contributed by atoms with E-state index in [4.69, 9.17) is 4.74 Å². The molecule has 21 heavy (non-hydrogen) atoms. The number of sulfone groups is 1. The number of hydrogen-bond donors (Lipinski definition) is 0. The number of ether oxygens (including phenoxy) is 1. The summed E-state index contributed by atoms with van der Waals surface area (Å²) >= 11 is 2.05. The van der Waals surface area contributed by atoms with Crippen LogP contribution in [0.25, 0.3) is 0 Å². The maximum atomic E-state index is 11.5. The highest BCUT2D eigenvalue weighted by molar-refractivity contribution is 14.1. The Hall–Kier alpha value is -1.68. The predicted molar refractivity (Wildman–Crippen MR) is 85.4 cm³/mol. The maximum absolute atomic E-state index is 11.5. The molecule has 0 saturated carbocycles. The Morgan fingerprint density at radius 3 is 2.38 bits per heavy atom.